The number of rotatable bonds is 1. The van der Waals surface area contributed by atoms with Crippen molar-refractivity contribution < 1.29 is 0 Å². The van der Waals surface area contributed by atoms with E-state index in [1.165, 1.54) is 0 Å². The van der Waals surface area contributed by atoms with Crippen LogP contribution in [0.5, 0.6) is 0 Å². The Balaban J connectivity index is 2.31. The summed E-state index contributed by atoms with van der Waals surface area (Å²) in [6.07, 6.45) is 2.28. The molecule has 0 spiro atoms. The number of nitrogens with two attached hydrogens (primary N) is 1. The first-order chi connectivity index (χ1) is 7.97. The topological polar surface area (TPSA) is 63.8 Å². The SMILES string of the molecule is CC(C)(C)c1cc(C2CCNCC2)nc(N)n1. The van der Waals surface area contributed by atoms with Gasteiger partial charge in [0.05, 0.1) is 5.69 Å². The Morgan fingerprint density at radius 1 is 1.24 bits per heavy atom. The van der Waals surface area contributed by atoms with Crippen molar-refractivity contribution in [3.63, 3.8) is 0 Å². The number of anilines is 1. The van der Waals surface area contributed by atoms with Crippen LogP contribution in [-0.4, -0.2) is 23.1 Å². The summed E-state index contributed by atoms with van der Waals surface area (Å²) in [4.78, 5) is 8.76. The molecule has 0 atom stereocenters. The Kier molecular flexibility index (Phi) is 3.33. The molecule has 4 heteroatoms. The Morgan fingerprint density at radius 2 is 1.88 bits per heavy atom. The molecule has 17 heavy (non-hydrogen) atoms. The van der Waals surface area contributed by atoms with Gasteiger partial charge in [0.2, 0.25) is 5.95 Å². The Labute approximate surface area is 103 Å². The summed E-state index contributed by atoms with van der Waals surface area (Å²) in [5, 5.41) is 3.37. The summed E-state index contributed by atoms with van der Waals surface area (Å²) in [5.41, 5.74) is 8.01. The molecule has 0 aromatic carbocycles. The first-order valence-electron chi connectivity index (χ1n) is 6.32. The van der Waals surface area contributed by atoms with Crippen LogP contribution >= 0.6 is 0 Å². The molecule has 0 amide bonds. The predicted octanol–water partition coefficient (Wildman–Crippen LogP) is 1.82. The molecule has 3 N–H and O–H groups in total. The lowest BCUT2D eigenvalue weighted by atomic mass is 9.88. The van der Waals surface area contributed by atoms with E-state index in [1.54, 1.807) is 0 Å². The normalized spacial score (nSPS) is 18.3. The van der Waals surface area contributed by atoms with E-state index in [0.29, 0.717) is 11.9 Å². The monoisotopic (exact) mass is 234 g/mol. The van der Waals surface area contributed by atoms with Gasteiger partial charge < -0.3 is 11.1 Å². The van der Waals surface area contributed by atoms with Gasteiger partial charge in [0.1, 0.15) is 0 Å². The molecule has 0 saturated carbocycles. The Hall–Kier alpha value is -1.16. The van der Waals surface area contributed by atoms with Crippen molar-refractivity contribution in [1.82, 2.24) is 15.3 Å². The maximum absolute atomic E-state index is 5.82. The molecular weight excluding hydrogens is 212 g/mol. The van der Waals surface area contributed by atoms with E-state index in [2.05, 4.69) is 42.1 Å². The summed E-state index contributed by atoms with van der Waals surface area (Å²) in [6, 6.07) is 2.13. The van der Waals surface area contributed by atoms with E-state index < -0.39 is 0 Å². The van der Waals surface area contributed by atoms with Gasteiger partial charge in [0, 0.05) is 17.0 Å². The largest absolute Gasteiger partial charge is 0.368 e. The number of nitrogen functional groups attached to an aromatic ring is 1. The third-order valence-corrected chi connectivity index (χ3v) is 3.29. The lowest BCUT2D eigenvalue weighted by Crippen LogP contribution is -2.27. The molecule has 0 bridgehead atoms. The van der Waals surface area contributed by atoms with Crippen molar-refractivity contribution in [3.8, 4) is 0 Å². The highest BCUT2D eigenvalue weighted by atomic mass is 15.0. The van der Waals surface area contributed by atoms with Crippen molar-refractivity contribution in [2.45, 2.75) is 44.9 Å². The minimum absolute atomic E-state index is 0.0265. The number of piperidine rings is 1. The summed E-state index contributed by atoms with van der Waals surface area (Å²) in [7, 11) is 0. The van der Waals surface area contributed by atoms with Crippen LogP contribution in [0.3, 0.4) is 0 Å². The summed E-state index contributed by atoms with van der Waals surface area (Å²) >= 11 is 0. The van der Waals surface area contributed by atoms with E-state index in [9.17, 15) is 0 Å². The molecule has 1 aromatic heterocycles. The molecular formula is C13H22N4. The van der Waals surface area contributed by atoms with Gasteiger partial charge in [0.25, 0.3) is 0 Å². The molecule has 94 valence electrons. The average Bonchev–Trinajstić information content (AvgIpc) is 2.28. The molecule has 1 fully saturated rings. The van der Waals surface area contributed by atoms with Gasteiger partial charge in [-0.3, -0.25) is 0 Å². The van der Waals surface area contributed by atoms with Crippen molar-refractivity contribution in [2.75, 3.05) is 18.8 Å². The molecule has 1 saturated heterocycles. The van der Waals surface area contributed by atoms with Gasteiger partial charge in [0.15, 0.2) is 0 Å². The van der Waals surface area contributed by atoms with Crippen molar-refractivity contribution in [2.24, 2.45) is 0 Å². The standard InChI is InChI=1S/C13H22N4/c1-13(2,3)11-8-10(16-12(14)17-11)9-4-6-15-7-5-9/h8-9,15H,4-7H2,1-3H3,(H2,14,16,17). The van der Waals surface area contributed by atoms with Crippen LogP contribution in [-0.2, 0) is 5.41 Å². The number of hydrogen-bond acceptors (Lipinski definition) is 4. The van der Waals surface area contributed by atoms with Crippen LogP contribution in [0.2, 0.25) is 0 Å². The molecule has 0 radical (unpaired) electrons. The minimum Gasteiger partial charge on any atom is -0.368 e. The number of hydrogen-bond donors (Lipinski definition) is 2. The van der Waals surface area contributed by atoms with Crippen LogP contribution in [0.15, 0.2) is 6.07 Å². The number of nitrogens with one attached hydrogen (secondary N) is 1. The van der Waals surface area contributed by atoms with Crippen molar-refractivity contribution >= 4 is 5.95 Å². The molecule has 2 rings (SSSR count). The van der Waals surface area contributed by atoms with Gasteiger partial charge in [-0.05, 0) is 32.0 Å². The minimum atomic E-state index is 0.0265. The Morgan fingerprint density at radius 3 is 2.47 bits per heavy atom. The zero-order valence-electron chi connectivity index (χ0n) is 11.0. The highest BCUT2D eigenvalue weighted by Crippen LogP contribution is 2.28. The van der Waals surface area contributed by atoms with Crippen molar-refractivity contribution in [3.05, 3.63) is 17.5 Å². The first-order valence-corrected chi connectivity index (χ1v) is 6.32. The van der Waals surface area contributed by atoms with Gasteiger partial charge >= 0.3 is 0 Å². The van der Waals surface area contributed by atoms with Gasteiger partial charge in [-0.15, -0.1) is 0 Å². The second-order valence-corrected chi connectivity index (χ2v) is 5.81. The van der Waals surface area contributed by atoms with Crippen molar-refractivity contribution in [1.29, 1.82) is 0 Å². The average molecular weight is 234 g/mol. The van der Waals surface area contributed by atoms with Crippen LogP contribution in [0, 0.1) is 0 Å². The second-order valence-electron chi connectivity index (χ2n) is 5.81. The van der Waals surface area contributed by atoms with Gasteiger partial charge in [-0.1, -0.05) is 20.8 Å². The summed E-state index contributed by atoms with van der Waals surface area (Å²) in [5.74, 6) is 0.939. The maximum Gasteiger partial charge on any atom is 0.220 e. The second kappa shape index (κ2) is 4.61. The summed E-state index contributed by atoms with van der Waals surface area (Å²) < 4.78 is 0. The predicted molar refractivity (Wildman–Crippen MR) is 70.0 cm³/mol. The maximum atomic E-state index is 5.82. The lowest BCUT2D eigenvalue weighted by molar-refractivity contribution is 0.451. The summed E-state index contributed by atoms with van der Waals surface area (Å²) in [6.45, 7) is 8.60. The fraction of sp³-hybridized carbons (Fsp3) is 0.692. The van der Waals surface area contributed by atoms with E-state index in [-0.39, 0.29) is 5.41 Å². The fourth-order valence-corrected chi connectivity index (χ4v) is 2.20. The van der Waals surface area contributed by atoms with Crippen LogP contribution in [0.1, 0.15) is 50.9 Å². The molecule has 2 heterocycles. The first kappa shape index (κ1) is 12.3. The van der Waals surface area contributed by atoms with Crippen LogP contribution in [0.4, 0.5) is 5.95 Å². The van der Waals surface area contributed by atoms with Gasteiger partial charge in [-0.2, -0.15) is 0 Å². The van der Waals surface area contributed by atoms with E-state index in [4.69, 9.17) is 5.73 Å². The zero-order chi connectivity index (χ0) is 12.5. The zero-order valence-corrected chi connectivity index (χ0v) is 11.0. The third-order valence-electron chi connectivity index (χ3n) is 3.29. The molecule has 0 aliphatic carbocycles. The highest BCUT2D eigenvalue weighted by molar-refractivity contribution is 5.28. The molecule has 1 aliphatic rings. The van der Waals surface area contributed by atoms with Crippen LogP contribution < -0.4 is 11.1 Å². The molecule has 4 nitrogen and oxygen atoms in total. The van der Waals surface area contributed by atoms with E-state index >= 15 is 0 Å². The van der Waals surface area contributed by atoms with E-state index in [0.717, 1.165) is 37.3 Å². The molecule has 1 aliphatic heterocycles. The molecule has 0 unspecified atom stereocenters. The smallest absolute Gasteiger partial charge is 0.220 e. The third kappa shape index (κ3) is 2.94. The quantitative estimate of drug-likeness (QED) is 0.778. The van der Waals surface area contributed by atoms with Gasteiger partial charge in [-0.25, -0.2) is 9.97 Å². The molecule has 1 aromatic rings. The number of nitrogens with zero attached hydrogens (tertiary/aromatic N) is 2. The van der Waals surface area contributed by atoms with E-state index in [1.807, 2.05) is 0 Å². The lowest BCUT2D eigenvalue weighted by Gasteiger charge is -2.24. The highest BCUT2D eigenvalue weighted by Gasteiger charge is 2.22. The number of aromatic nitrogens is 2. The van der Waals surface area contributed by atoms with Crippen LogP contribution in [0.25, 0.3) is 0 Å². The fourth-order valence-electron chi connectivity index (χ4n) is 2.20. The Bertz CT molecular complexity index is 389.